The summed E-state index contributed by atoms with van der Waals surface area (Å²) in [6, 6.07) is 0. The van der Waals surface area contributed by atoms with Crippen LogP contribution >= 0.6 is 9.39 Å². The SMILES string of the molecule is CC(C)=CC1(C)CCN(P)C1=O. The summed E-state index contributed by atoms with van der Waals surface area (Å²) < 4.78 is 1.72. The van der Waals surface area contributed by atoms with E-state index in [1.807, 2.05) is 20.8 Å². The zero-order chi connectivity index (χ0) is 9.35. The fourth-order valence-electron chi connectivity index (χ4n) is 1.66. The molecule has 0 bridgehead atoms. The first kappa shape index (κ1) is 9.73. The van der Waals surface area contributed by atoms with Crippen LogP contribution in [0.1, 0.15) is 27.2 Å². The third kappa shape index (κ3) is 1.69. The summed E-state index contributed by atoms with van der Waals surface area (Å²) in [6.45, 7) is 6.92. The number of nitrogens with zero attached hydrogens (tertiary/aromatic N) is 1. The summed E-state index contributed by atoms with van der Waals surface area (Å²) in [7, 11) is 2.47. The van der Waals surface area contributed by atoms with Gasteiger partial charge in [0.2, 0.25) is 5.91 Å². The molecule has 12 heavy (non-hydrogen) atoms. The lowest BCUT2D eigenvalue weighted by molar-refractivity contribution is -0.129. The molecule has 0 spiro atoms. The summed E-state index contributed by atoms with van der Waals surface area (Å²) in [5.74, 6) is 0.216. The fraction of sp³-hybridized carbons (Fsp3) is 0.667. The minimum atomic E-state index is -0.249. The number of carbonyl (C=O) groups excluding carboxylic acids is 1. The summed E-state index contributed by atoms with van der Waals surface area (Å²) in [6.07, 6.45) is 3.00. The molecule has 68 valence electrons. The maximum absolute atomic E-state index is 11.6. The molecule has 0 aromatic rings. The van der Waals surface area contributed by atoms with Gasteiger partial charge in [-0.25, -0.2) is 0 Å². The van der Waals surface area contributed by atoms with Crippen molar-refractivity contribution in [3.8, 4) is 0 Å². The fourth-order valence-corrected chi connectivity index (χ4v) is 2.08. The second-order valence-electron chi connectivity index (χ2n) is 3.89. The van der Waals surface area contributed by atoms with Gasteiger partial charge in [-0.15, -0.1) is 0 Å². The molecule has 1 aliphatic rings. The number of carbonyl (C=O) groups is 1. The first-order chi connectivity index (χ1) is 5.46. The molecule has 1 saturated heterocycles. The normalized spacial score (nSPS) is 29.3. The summed E-state index contributed by atoms with van der Waals surface area (Å²) in [5.41, 5.74) is 0.965. The largest absolute Gasteiger partial charge is 0.327 e. The average Bonchev–Trinajstić information content (AvgIpc) is 2.16. The molecule has 2 unspecified atom stereocenters. The van der Waals surface area contributed by atoms with Crippen molar-refractivity contribution >= 4 is 15.3 Å². The standard InChI is InChI=1S/C9H16NOP/c1-7(2)6-9(3)4-5-10(12)8(9)11/h6H,4-5,12H2,1-3H3. The lowest BCUT2D eigenvalue weighted by atomic mass is 9.87. The Balaban J connectivity index is 2.87. The topological polar surface area (TPSA) is 20.3 Å². The predicted octanol–water partition coefficient (Wildman–Crippen LogP) is 1.98. The number of hydrogen-bond donors (Lipinski definition) is 0. The van der Waals surface area contributed by atoms with Gasteiger partial charge in [0.25, 0.3) is 0 Å². The van der Waals surface area contributed by atoms with Crippen LogP contribution < -0.4 is 0 Å². The Hall–Kier alpha value is -0.360. The molecule has 1 amide bonds. The lowest BCUT2D eigenvalue weighted by Gasteiger charge is -2.17. The van der Waals surface area contributed by atoms with E-state index in [1.165, 1.54) is 5.57 Å². The molecule has 0 aromatic carbocycles. The quantitative estimate of drug-likeness (QED) is 0.452. The van der Waals surface area contributed by atoms with Crippen LogP contribution in [0, 0.1) is 5.41 Å². The minimum Gasteiger partial charge on any atom is -0.327 e. The number of rotatable bonds is 1. The molecule has 2 nitrogen and oxygen atoms in total. The zero-order valence-electron chi connectivity index (χ0n) is 7.92. The van der Waals surface area contributed by atoms with Crippen LogP contribution in [0.5, 0.6) is 0 Å². The molecule has 1 heterocycles. The smallest absolute Gasteiger partial charge is 0.235 e. The Kier molecular flexibility index (Phi) is 2.58. The van der Waals surface area contributed by atoms with Crippen LogP contribution in [0.4, 0.5) is 0 Å². The molecule has 2 atom stereocenters. The van der Waals surface area contributed by atoms with Gasteiger partial charge in [-0.3, -0.25) is 4.79 Å². The molecular formula is C9H16NOP. The van der Waals surface area contributed by atoms with Crippen LogP contribution in [-0.2, 0) is 4.79 Å². The summed E-state index contributed by atoms with van der Waals surface area (Å²) >= 11 is 0. The molecule has 0 N–H and O–H groups in total. The average molecular weight is 185 g/mol. The molecule has 0 radical (unpaired) electrons. The highest BCUT2D eigenvalue weighted by molar-refractivity contribution is 7.14. The predicted molar refractivity (Wildman–Crippen MR) is 53.6 cm³/mol. The third-order valence-electron chi connectivity index (χ3n) is 2.23. The lowest BCUT2D eigenvalue weighted by Crippen LogP contribution is -2.25. The molecular weight excluding hydrogens is 169 g/mol. The maximum Gasteiger partial charge on any atom is 0.235 e. The molecule has 0 aromatic heterocycles. The van der Waals surface area contributed by atoms with Crippen LogP contribution in [0.3, 0.4) is 0 Å². The third-order valence-corrected chi connectivity index (χ3v) is 2.72. The van der Waals surface area contributed by atoms with E-state index in [1.54, 1.807) is 4.67 Å². The van der Waals surface area contributed by atoms with Crippen molar-refractivity contribution in [2.75, 3.05) is 6.54 Å². The van der Waals surface area contributed by atoms with E-state index in [4.69, 9.17) is 0 Å². The van der Waals surface area contributed by atoms with Crippen LogP contribution in [0.2, 0.25) is 0 Å². The van der Waals surface area contributed by atoms with Gasteiger partial charge >= 0.3 is 0 Å². The number of hydrogen-bond acceptors (Lipinski definition) is 1. The Labute approximate surface area is 76.3 Å². The number of allylic oxidation sites excluding steroid dienone is 1. The maximum atomic E-state index is 11.6. The van der Waals surface area contributed by atoms with E-state index in [-0.39, 0.29) is 11.3 Å². The van der Waals surface area contributed by atoms with Crippen molar-refractivity contribution in [3.63, 3.8) is 0 Å². The summed E-state index contributed by atoms with van der Waals surface area (Å²) in [5, 5.41) is 0. The minimum absolute atomic E-state index is 0.216. The van der Waals surface area contributed by atoms with E-state index in [0.29, 0.717) is 0 Å². The second kappa shape index (κ2) is 3.18. The van der Waals surface area contributed by atoms with Crippen molar-refractivity contribution in [1.29, 1.82) is 0 Å². The van der Waals surface area contributed by atoms with Crippen LogP contribution in [0.25, 0.3) is 0 Å². The van der Waals surface area contributed by atoms with E-state index in [0.717, 1.165) is 13.0 Å². The Morgan fingerprint density at radius 2 is 2.25 bits per heavy atom. The number of amides is 1. The highest BCUT2D eigenvalue weighted by Gasteiger charge is 2.39. The van der Waals surface area contributed by atoms with Gasteiger partial charge in [0.05, 0.1) is 5.41 Å². The van der Waals surface area contributed by atoms with Crippen molar-refractivity contribution < 1.29 is 4.79 Å². The molecule has 1 fully saturated rings. The molecule has 1 rings (SSSR count). The molecule has 1 aliphatic heterocycles. The van der Waals surface area contributed by atoms with Crippen LogP contribution in [0.15, 0.2) is 11.6 Å². The van der Waals surface area contributed by atoms with Gasteiger partial charge < -0.3 is 4.67 Å². The Morgan fingerprint density at radius 1 is 1.67 bits per heavy atom. The van der Waals surface area contributed by atoms with Crippen molar-refractivity contribution in [2.24, 2.45) is 5.41 Å². The molecule has 0 saturated carbocycles. The first-order valence-corrected chi connectivity index (χ1v) is 4.70. The van der Waals surface area contributed by atoms with Gasteiger partial charge in [-0.05, 0) is 36.6 Å². The highest BCUT2D eigenvalue weighted by atomic mass is 31.0. The van der Waals surface area contributed by atoms with Gasteiger partial charge in [-0.2, -0.15) is 0 Å². The van der Waals surface area contributed by atoms with E-state index < -0.39 is 0 Å². The molecule has 3 heteroatoms. The zero-order valence-corrected chi connectivity index (χ0v) is 9.08. The van der Waals surface area contributed by atoms with Gasteiger partial charge in [0.1, 0.15) is 0 Å². The van der Waals surface area contributed by atoms with Gasteiger partial charge in [0, 0.05) is 6.54 Å². The monoisotopic (exact) mass is 185 g/mol. The van der Waals surface area contributed by atoms with E-state index >= 15 is 0 Å². The highest BCUT2D eigenvalue weighted by Crippen LogP contribution is 2.35. The van der Waals surface area contributed by atoms with Crippen LogP contribution in [-0.4, -0.2) is 17.1 Å². The van der Waals surface area contributed by atoms with Gasteiger partial charge in [0.15, 0.2) is 0 Å². The van der Waals surface area contributed by atoms with E-state index in [2.05, 4.69) is 15.5 Å². The van der Waals surface area contributed by atoms with Crippen molar-refractivity contribution in [2.45, 2.75) is 27.2 Å². The van der Waals surface area contributed by atoms with Gasteiger partial charge in [-0.1, -0.05) is 11.6 Å². The first-order valence-electron chi connectivity index (χ1n) is 4.18. The summed E-state index contributed by atoms with van der Waals surface area (Å²) in [4.78, 5) is 11.6. The van der Waals surface area contributed by atoms with Crippen molar-refractivity contribution in [3.05, 3.63) is 11.6 Å². The second-order valence-corrected chi connectivity index (χ2v) is 4.51. The Morgan fingerprint density at radius 3 is 2.58 bits per heavy atom. The van der Waals surface area contributed by atoms with Crippen molar-refractivity contribution in [1.82, 2.24) is 4.67 Å². The van der Waals surface area contributed by atoms with E-state index in [9.17, 15) is 4.79 Å². The Bertz CT molecular complexity index is 233. The molecule has 0 aliphatic carbocycles.